The van der Waals surface area contributed by atoms with Crippen molar-refractivity contribution in [3.63, 3.8) is 0 Å². The van der Waals surface area contributed by atoms with Crippen LogP contribution in [0.2, 0.25) is 0 Å². The molecule has 1 atom stereocenters. The van der Waals surface area contributed by atoms with E-state index in [2.05, 4.69) is 88.5 Å². The van der Waals surface area contributed by atoms with Crippen molar-refractivity contribution in [3.05, 3.63) is 96.0 Å². The number of rotatable bonds is 0. The number of fused-ring (bicyclic) bond motifs is 10. The summed E-state index contributed by atoms with van der Waals surface area (Å²) in [5, 5.41) is 0. The average Bonchev–Trinajstić information content (AvgIpc) is 3.30. The number of nitrogens with zero attached hydrogens (tertiary/aromatic N) is 2. The molecule has 114 valence electrons. The molecule has 1 unspecified atom stereocenters. The van der Waals surface area contributed by atoms with Gasteiger partial charge in [0.05, 0.1) is 11.4 Å². The summed E-state index contributed by atoms with van der Waals surface area (Å²) in [6.07, 6.45) is 7.73. The van der Waals surface area contributed by atoms with E-state index in [1.807, 2.05) is 0 Å². The Hall–Kier alpha value is -3.00. The fraction of sp³-hybridized carbons (Fsp3) is 0.0909. The molecule has 2 nitrogen and oxygen atoms in total. The van der Waals surface area contributed by atoms with E-state index in [9.17, 15) is 0 Å². The van der Waals surface area contributed by atoms with Gasteiger partial charge in [0.2, 0.25) is 0 Å². The molecule has 3 aliphatic rings. The minimum absolute atomic E-state index is 0.254. The van der Waals surface area contributed by atoms with Crippen molar-refractivity contribution in [2.45, 2.75) is 12.5 Å². The number of aromatic nitrogens is 1. The van der Waals surface area contributed by atoms with E-state index >= 15 is 0 Å². The zero-order valence-electron chi connectivity index (χ0n) is 13.2. The molecule has 0 spiro atoms. The lowest BCUT2D eigenvalue weighted by atomic mass is 9.85. The lowest BCUT2D eigenvalue weighted by Gasteiger charge is -2.44. The molecule has 2 aromatic carbocycles. The summed E-state index contributed by atoms with van der Waals surface area (Å²) < 4.78 is 2.37. The number of hydrogen-bond acceptors (Lipinski definition) is 1. The van der Waals surface area contributed by atoms with Crippen molar-refractivity contribution >= 4 is 11.4 Å². The first-order chi connectivity index (χ1) is 11.9. The van der Waals surface area contributed by atoms with Gasteiger partial charge in [-0.2, -0.15) is 0 Å². The monoisotopic (exact) mass is 308 g/mol. The maximum absolute atomic E-state index is 2.56. The van der Waals surface area contributed by atoms with Crippen LogP contribution < -0.4 is 4.90 Å². The number of benzene rings is 2. The Labute approximate surface area is 141 Å². The van der Waals surface area contributed by atoms with Gasteiger partial charge in [0.15, 0.2) is 0 Å². The van der Waals surface area contributed by atoms with E-state index < -0.39 is 0 Å². The highest BCUT2D eigenvalue weighted by Crippen LogP contribution is 2.53. The summed E-state index contributed by atoms with van der Waals surface area (Å²) in [5.74, 6) is 0. The van der Waals surface area contributed by atoms with Crippen LogP contribution in [0, 0.1) is 0 Å². The van der Waals surface area contributed by atoms with Crippen LogP contribution in [0.3, 0.4) is 0 Å². The normalized spacial score (nSPS) is 19.5. The third-order valence-corrected chi connectivity index (χ3v) is 5.46. The van der Waals surface area contributed by atoms with Crippen LogP contribution in [0.1, 0.15) is 23.7 Å². The van der Waals surface area contributed by atoms with Gasteiger partial charge in [0, 0.05) is 29.6 Å². The third-order valence-electron chi connectivity index (χ3n) is 5.46. The molecule has 0 saturated heterocycles. The summed E-state index contributed by atoms with van der Waals surface area (Å²) >= 11 is 0. The van der Waals surface area contributed by atoms with Crippen LogP contribution in [-0.2, 0) is 0 Å². The van der Waals surface area contributed by atoms with E-state index in [1.54, 1.807) is 0 Å². The molecule has 6 rings (SSSR count). The van der Waals surface area contributed by atoms with Gasteiger partial charge in [-0.1, -0.05) is 48.5 Å². The van der Waals surface area contributed by atoms with E-state index in [-0.39, 0.29) is 6.04 Å². The van der Waals surface area contributed by atoms with Crippen molar-refractivity contribution in [2.75, 3.05) is 4.90 Å². The minimum Gasteiger partial charge on any atom is -0.329 e. The number of hydrogen-bond donors (Lipinski definition) is 0. The maximum Gasteiger partial charge on any atom is 0.100 e. The molecular formula is C22H16N2. The fourth-order valence-electron chi connectivity index (χ4n) is 4.52. The third kappa shape index (κ3) is 1.37. The highest BCUT2D eigenvalue weighted by atomic mass is 15.3. The lowest BCUT2D eigenvalue weighted by Crippen LogP contribution is -2.36. The van der Waals surface area contributed by atoms with Crippen LogP contribution in [-0.4, -0.2) is 4.57 Å². The van der Waals surface area contributed by atoms with E-state index in [4.69, 9.17) is 0 Å². The van der Waals surface area contributed by atoms with Crippen LogP contribution in [0.15, 0.2) is 84.7 Å². The van der Waals surface area contributed by atoms with Crippen LogP contribution >= 0.6 is 0 Å². The topological polar surface area (TPSA) is 8.17 Å². The molecule has 24 heavy (non-hydrogen) atoms. The molecule has 2 heteroatoms. The van der Waals surface area contributed by atoms with Gasteiger partial charge in [-0.25, -0.2) is 0 Å². The zero-order valence-corrected chi connectivity index (χ0v) is 13.2. The van der Waals surface area contributed by atoms with Crippen LogP contribution in [0.5, 0.6) is 0 Å². The van der Waals surface area contributed by atoms with E-state index in [0.717, 1.165) is 6.42 Å². The number of anilines is 1. The van der Waals surface area contributed by atoms with Gasteiger partial charge >= 0.3 is 0 Å². The second-order valence-electron chi connectivity index (χ2n) is 6.62. The van der Waals surface area contributed by atoms with Crippen molar-refractivity contribution < 1.29 is 0 Å². The largest absolute Gasteiger partial charge is 0.329 e. The molecule has 3 aromatic rings. The second kappa shape index (κ2) is 4.30. The molecule has 0 amide bonds. The summed E-state index contributed by atoms with van der Waals surface area (Å²) in [5.41, 5.74) is 9.49. The summed E-state index contributed by atoms with van der Waals surface area (Å²) in [6.45, 7) is 0. The SMILES string of the molecule is C1=CC2=C(C1)N1c3ccccc3-c3ccccc3C1c1cccn12. The molecule has 0 saturated carbocycles. The van der Waals surface area contributed by atoms with Gasteiger partial charge in [0.25, 0.3) is 0 Å². The molecule has 0 N–H and O–H groups in total. The second-order valence-corrected chi connectivity index (χ2v) is 6.62. The highest BCUT2D eigenvalue weighted by molar-refractivity contribution is 5.90. The Morgan fingerprint density at radius 1 is 0.833 bits per heavy atom. The highest BCUT2D eigenvalue weighted by Gasteiger charge is 2.39. The Kier molecular flexibility index (Phi) is 2.22. The fourth-order valence-corrected chi connectivity index (χ4v) is 4.52. The molecule has 1 aromatic heterocycles. The molecular weight excluding hydrogens is 292 g/mol. The van der Waals surface area contributed by atoms with Crippen LogP contribution in [0.25, 0.3) is 16.8 Å². The average molecular weight is 308 g/mol. The first-order valence-electron chi connectivity index (χ1n) is 8.48. The molecule has 2 aliphatic heterocycles. The maximum atomic E-state index is 2.56. The lowest BCUT2D eigenvalue weighted by molar-refractivity contribution is 0.697. The van der Waals surface area contributed by atoms with Gasteiger partial charge in [-0.15, -0.1) is 0 Å². The van der Waals surface area contributed by atoms with Crippen molar-refractivity contribution in [1.29, 1.82) is 0 Å². The molecule has 3 heterocycles. The Morgan fingerprint density at radius 2 is 1.67 bits per heavy atom. The predicted octanol–water partition coefficient (Wildman–Crippen LogP) is 5.21. The summed E-state index contributed by atoms with van der Waals surface area (Å²) in [4.78, 5) is 2.56. The van der Waals surface area contributed by atoms with Gasteiger partial charge in [-0.05, 0) is 35.4 Å². The Morgan fingerprint density at radius 3 is 2.62 bits per heavy atom. The van der Waals surface area contributed by atoms with E-state index in [0.29, 0.717) is 0 Å². The van der Waals surface area contributed by atoms with Crippen molar-refractivity contribution in [1.82, 2.24) is 4.57 Å². The van der Waals surface area contributed by atoms with Gasteiger partial charge in [-0.3, -0.25) is 0 Å². The van der Waals surface area contributed by atoms with Crippen LogP contribution in [0.4, 0.5) is 5.69 Å². The molecule has 0 fully saturated rings. The molecule has 0 bridgehead atoms. The standard InChI is InChI=1S/C22H16N2/c1-2-9-17-15(7-1)16-8-3-4-10-18(16)24-20-12-5-11-19(20)23-14-6-13-21(23)22(17)24/h1-11,13-14,22H,12H2. The Bertz CT molecular complexity index is 1050. The number of allylic oxidation sites excluding steroid dienone is 3. The minimum atomic E-state index is 0.254. The smallest absolute Gasteiger partial charge is 0.100 e. The van der Waals surface area contributed by atoms with Gasteiger partial charge < -0.3 is 9.47 Å². The zero-order chi connectivity index (χ0) is 15.7. The summed E-state index contributed by atoms with van der Waals surface area (Å²) in [6, 6.07) is 22.3. The quantitative estimate of drug-likeness (QED) is 0.553. The molecule has 0 radical (unpaired) electrons. The number of para-hydroxylation sites is 1. The van der Waals surface area contributed by atoms with Crippen molar-refractivity contribution in [3.8, 4) is 11.1 Å². The van der Waals surface area contributed by atoms with E-state index in [1.165, 1.54) is 39.5 Å². The first-order valence-corrected chi connectivity index (χ1v) is 8.48. The summed E-state index contributed by atoms with van der Waals surface area (Å²) in [7, 11) is 0. The Balaban J connectivity index is 1.75. The predicted molar refractivity (Wildman–Crippen MR) is 97.6 cm³/mol. The molecule has 1 aliphatic carbocycles. The van der Waals surface area contributed by atoms with Crippen molar-refractivity contribution in [2.24, 2.45) is 0 Å². The van der Waals surface area contributed by atoms with Gasteiger partial charge in [0.1, 0.15) is 6.04 Å². The first kappa shape index (κ1) is 12.4.